The second-order valence-corrected chi connectivity index (χ2v) is 7.07. The van der Waals surface area contributed by atoms with E-state index in [9.17, 15) is 4.79 Å². The minimum Gasteiger partial charge on any atom is -0.493 e. The molecule has 0 spiro atoms. The molecular weight excluding hydrogens is 458 g/mol. The van der Waals surface area contributed by atoms with Gasteiger partial charge in [0.05, 0.1) is 45.8 Å². The highest BCUT2D eigenvalue weighted by molar-refractivity contribution is 9.10. The molecule has 160 valence electrons. The van der Waals surface area contributed by atoms with Gasteiger partial charge in [-0.25, -0.2) is 4.98 Å². The van der Waals surface area contributed by atoms with Gasteiger partial charge in [0.1, 0.15) is 0 Å². The fourth-order valence-electron chi connectivity index (χ4n) is 2.93. The maximum atomic E-state index is 11.8. The van der Waals surface area contributed by atoms with E-state index in [-0.39, 0.29) is 17.7 Å². The third kappa shape index (κ3) is 3.72. The van der Waals surface area contributed by atoms with Gasteiger partial charge in [0.25, 0.3) is 0 Å². The zero-order chi connectivity index (χ0) is 22.0. The number of aromatic nitrogens is 4. The summed E-state index contributed by atoms with van der Waals surface area (Å²) >= 11 is 3.59. The van der Waals surface area contributed by atoms with Crippen LogP contribution >= 0.6 is 15.9 Å². The van der Waals surface area contributed by atoms with E-state index in [0.717, 1.165) is 5.56 Å². The number of carbonyl (C=O) groups excluding carboxylic acids is 1. The molecule has 10 nitrogen and oxygen atoms in total. The highest BCUT2D eigenvalue weighted by atomic mass is 79.9. The van der Waals surface area contributed by atoms with Crippen LogP contribution in [0.4, 0.5) is 5.95 Å². The quantitative estimate of drug-likeness (QED) is 0.509. The molecule has 0 atom stereocenters. The molecule has 0 unspecified atom stereocenters. The van der Waals surface area contributed by atoms with Gasteiger partial charge in [-0.2, -0.15) is 9.97 Å². The van der Waals surface area contributed by atoms with Crippen molar-refractivity contribution in [3.8, 4) is 23.1 Å². The van der Waals surface area contributed by atoms with E-state index in [1.165, 1.54) is 18.9 Å². The Labute approximate surface area is 181 Å². The molecule has 0 aliphatic heterocycles. The molecule has 0 radical (unpaired) electrons. The standard InChI is InChI=1S/C19H22BrN5O5/c1-10(26)24(2)19-22-17-14(18(23-19)30-6)21-9-25(17)8-11-7-12(27-3)15(28-4)16(29-5)13(11)20/h7,9H,8H2,1-6H3. The van der Waals surface area contributed by atoms with Crippen LogP contribution < -0.4 is 23.8 Å². The first-order chi connectivity index (χ1) is 14.4. The molecule has 0 N–H and O–H groups in total. The fourth-order valence-corrected chi connectivity index (χ4v) is 3.51. The number of fused-ring (bicyclic) bond motifs is 1. The highest BCUT2D eigenvalue weighted by Crippen LogP contribution is 2.45. The molecule has 2 aromatic heterocycles. The number of halogens is 1. The van der Waals surface area contributed by atoms with Crippen molar-refractivity contribution >= 4 is 38.9 Å². The predicted molar refractivity (Wildman–Crippen MR) is 114 cm³/mol. The Bertz CT molecular complexity index is 1100. The SMILES string of the molecule is COc1cc(Cn2cnc3c(OC)nc(N(C)C(C)=O)nc32)c(Br)c(OC)c1OC. The number of carbonyl (C=O) groups is 1. The normalized spacial score (nSPS) is 10.8. The van der Waals surface area contributed by atoms with Crippen molar-refractivity contribution in [3.63, 3.8) is 0 Å². The average molecular weight is 480 g/mol. The second kappa shape index (κ2) is 8.74. The van der Waals surface area contributed by atoms with Gasteiger partial charge in [0, 0.05) is 14.0 Å². The third-order valence-electron chi connectivity index (χ3n) is 4.57. The predicted octanol–water partition coefficient (Wildman–Crippen LogP) is 2.65. The monoisotopic (exact) mass is 479 g/mol. The van der Waals surface area contributed by atoms with Crippen molar-refractivity contribution < 1.29 is 23.7 Å². The van der Waals surface area contributed by atoms with Crippen LogP contribution in [0.25, 0.3) is 11.2 Å². The molecule has 3 aromatic rings. The van der Waals surface area contributed by atoms with Gasteiger partial charge < -0.3 is 23.5 Å². The summed E-state index contributed by atoms with van der Waals surface area (Å²) in [7, 11) is 7.75. The Hall–Kier alpha value is -3.08. The number of rotatable bonds is 7. The van der Waals surface area contributed by atoms with Gasteiger partial charge in [-0.15, -0.1) is 0 Å². The molecule has 3 rings (SSSR count). The summed E-state index contributed by atoms with van der Waals surface area (Å²) in [4.78, 5) is 26.3. The van der Waals surface area contributed by atoms with Crippen molar-refractivity contribution in [2.45, 2.75) is 13.5 Å². The molecule has 0 saturated heterocycles. The minimum atomic E-state index is -0.199. The van der Waals surface area contributed by atoms with E-state index in [4.69, 9.17) is 18.9 Å². The third-order valence-corrected chi connectivity index (χ3v) is 5.44. The number of hydrogen-bond donors (Lipinski definition) is 0. The average Bonchev–Trinajstić information content (AvgIpc) is 3.15. The first-order valence-corrected chi connectivity index (χ1v) is 9.64. The molecule has 0 fully saturated rings. The second-order valence-electron chi connectivity index (χ2n) is 6.27. The number of benzene rings is 1. The van der Waals surface area contributed by atoms with Crippen LogP contribution in [-0.4, -0.2) is 60.9 Å². The Morgan fingerprint density at radius 2 is 1.80 bits per heavy atom. The summed E-state index contributed by atoms with van der Waals surface area (Å²) in [5.74, 6) is 1.83. The summed E-state index contributed by atoms with van der Waals surface area (Å²) < 4.78 is 24.3. The largest absolute Gasteiger partial charge is 0.493 e. The number of hydrogen-bond acceptors (Lipinski definition) is 8. The van der Waals surface area contributed by atoms with Crippen LogP contribution in [0.1, 0.15) is 12.5 Å². The maximum Gasteiger partial charge on any atom is 0.246 e. The topological polar surface area (TPSA) is 101 Å². The summed E-state index contributed by atoms with van der Waals surface area (Å²) in [5.41, 5.74) is 1.86. The summed E-state index contributed by atoms with van der Waals surface area (Å²) in [6.45, 7) is 1.82. The number of amides is 1. The molecule has 0 saturated carbocycles. The lowest BCUT2D eigenvalue weighted by Gasteiger charge is -2.17. The molecule has 0 aliphatic rings. The first-order valence-electron chi connectivity index (χ1n) is 8.84. The molecule has 1 aromatic carbocycles. The van der Waals surface area contributed by atoms with Crippen molar-refractivity contribution in [3.05, 3.63) is 22.4 Å². The molecule has 0 aliphatic carbocycles. The van der Waals surface area contributed by atoms with E-state index in [1.54, 1.807) is 34.7 Å². The van der Waals surface area contributed by atoms with Crippen LogP contribution in [-0.2, 0) is 11.3 Å². The Morgan fingerprint density at radius 3 is 2.37 bits per heavy atom. The van der Waals surface area contributed by atoms with E-state index in [2.05, 4.69) is 30.9 Å². The van der Waals surface area contributed by atoms with E-state index in [0.29, 0.717) is 39.4 Å². The summed E-state index contributed by atoms with van der Waals surface area (Å²) in [6.07, 6.45) is 1.63. The fraction of sp³-hybridized carbons (Fsp3) is 0.368. The minimum absolute atomic E-state index is 0.199. The maximum absolute atomic E-state index is 11.8. The van der Waals surface area contributed by atoms with E-state index < -0.39 is 0 Å². The van der Waals surface area contributed by atoms with Crippen LogP contribution in [0.5, 0.6) is 23.1 Å². The molecular formula is C19H22BrN5O5. The van der Waals surface area contributed by atoms with Crippen molar-refractivity contribution in [2.75, 3.05) is 40.4 Å². The van der Waals surface area contributed by atoms with Gasteiger partial charge in [0.2, 0.25) is 23.5 Å². The molecule has 30 heavy (non-hydrogen) atoms. The number of anilines is 1. The van der Waals surface area contributed by atoms with Gasteiger partial charge >= 0.3 is 0 Å². The zero-order valence-electron chi connectivity index (χ0n) is 17.5. The summed E-state index contributed by atoms with van der Waals surface area (Å²) in [6, 6.07) is 1.85. The van der Waals surface area contributed by atoms with Crippen molar-refractivity contribution in [1.29, 1.82) is 0 Å². The number of methoxy groups -OCH3 is 4. The van der Waals surface area contributed by atoms with Crippen molar-refractivity contribution in [2.24, 2.45) is 0 Å². The lowest BCUT2D eigenvalue weighted by atomic mass is 10.1. The first kappa shape index (κ1) is 21.6. The molecule has 11 heteroatoms. The lowest BCUT2D eigenvalue weighted by molar-refractivity contribution is -0.116. The van der Waals surface area contributed by atoms with Gasteiger partial charge in [0.15, 0.2) is 22.7 Å². The Morgan fingerprint density at radius 1 is 1.10 bits per heavy atom. The van der Waals surface area contributed by atoms with Crippen LogP contribution in [0.15, 0.2) is 16.9 Å². The lowest BCUT2D eigenvalue weighted by Crippen LogP contribution is -2.25. The van der Waals surface area contributed by atoms with Gasteiger partial charge in [-0.1, -0.05) is 0 Å². The molecule has 2 heterocycles. The highest BCUT2D eigenvalue weighted by Gasteiger charge is 2.22. The zero-order valence-corrected chi connectivity index (χ0v) is 19.1. The van der Waals surface area contributed by atoms with E-state index in [1.807, 2.05) is 10.6 Å². The molecule has 1 amide bonds. The number of ether oxygens (including phenoxy) is 4. The van der Waals surface area contributed by atoms with Gasteiger partial charge in [-0.05, 0) is 27.6 Å². The van der Waals surface area contributed by atoms with Crippen LogP contribution in [0, 0.1) is 0 Å². The Kier molecular flexibility index (Phi) is 6.30. The van der Waals surface area contributed by atoms with E-state index >= 15 is 0 Å². The van der Waals surface area contributed by atoms with Crippen LogP contribution in [0.2, 0.25) is 0 Å². The molecule has 0 bridgehead atoms. The summed E-state index contributed by atoms with van der Waals surface area (Å²) in [5, 5.41) is 0. The van der Waals surface area contributed by atoms with Crippen LogP contribution in [0.3, 0.4) is 0 Å². The number of imidazole rings is 1. The van der Waals surface area contributed by atoms with Crippen molar-refractivity contribution in [1.82, 2.24) is 19.5 Å². The Balaban J connectivity index is 2.15. The smallest absolute Gasteiger partial charge is 0.246 e. The van der Waals surface area contributed by atoms with Gasteiger partial charge in [-0.3, -0.25) is 9.69 Å². The number of nitrogens with zero attached hydrogens (tertiary/aromatic N) is 5.